The maximum Gasteiger partial charge on any atom is 1.00 e. The average molecular weight is 457 g/mol. The van der Waals surface area contributed by atoms with E-state index in [9.17, 15) is 18.1 Å². The molecular weight excluding hydrogens is 407 g/mol. The van der Waals surface area contributed by atoms with Crippen LogP contribution in [0.5, 0.6) is 0 Å². The second kappa shape index (κ2) is 23.0. The summed E-state index contributed by atoms with van der Waals surface area (Å²) in [4.78, 5) is 0. The maximum atomic E-state index is 11.5. The summed E-state index contributed by atoms with van der Waals surface area (Å²) < 4.78 is 34.6. The van der Waals surface area contributed by atoms with Gasteiger partial charge in [0.25, 0.3) is 0 Å². The van der Waals surface area contributed by atoms with Gasteiger partial charge in [-0.1, -0.05) is 117 Å². The van der Waals surface area contributed by atoms with Gasteiger partial charge in [0.2, 0.25) is 0 Å². The van der Waals surface area contributed by atoms with Gasteiger partial charge in [0, 0.05) is 5.25 Å². The second-order valence-electron chi connectivity index (χ2n) is 8.87. The minimum atomic E-state index is -4.16. The van der Waals surface area contributed by atoms with Crippen LogP contribution in [0.3, 0.4) is 0 Å². The van der Waals surface area contributed by atoms with Crippen LogP contribution in [-0.4, -0.2) is 29.4 Å². The van der Waals surface area contributed by atoms with Gasteiger partial charge in [-0.15, -0.1) is 0 Å². The van der Waals surface area contributed by atoms with Crippen molar-refractivity contribution in [2.24, 2.45) is 0 Å². The summed E-state index contributed by atoms with van der Waals surface area (Å²) in [6.07, 6.45) is 20.8. The molecule has 0 amide bonds. The van der Waals surface area contributed by atoms with E-state index in [4.69, 9.17) is 0 Å². The van der Waals surface area contributed by atoms with Crippen LogP contribution in [0.1, 0.15) is 142 Å². The summed E-state index contributed by atoms with van der Waals surface area (Å²) in [6, 6.07) is 0. The predicted octanol–water partition coefficient (Wildman–Crippen LogP) is 4.11. The number of hydrogen-bond donors (Lipinski definition) is 1. The fourth-order valence-corrected chi connectivity index (χ4v) is 4.96. The van der Waals surface area contributed by atoms with E-state index >= 15 is 0 Å². The third-order valence-electron chi connectivity index (χ3n) is 5.97. The van der Waals surface area contributed by atoms with E-state index in [0.29, 0.717) is 12.8 Å². The van der Waals surface area contributed by atoms with E-state index in [1.54, 1.807) is 0 Å². The van der Waals surface area contributed by atoms with Crippen molar-refractivity contribution in [1.82, 2.24) is 0 Å². The Hall–Kier alpha value is 0.870. The van der Waals surface area contributed by atoms with Crippen LogP contribution in [0.15, 0.2) is 0 Å². The Morgan fingerprint density at radius 1 is 0.600 bits per heavy atom. The van der Waals surface area contributed by atoms with Crippen molar-refractivity contribution in [3.63, 3.8) is 0 Å². The quantitative estimate of drug-likeness (QED) is 0.151. The molecule has 0 aliphatic carbocycles. The molecule has 0 aromatic carbocycles. The number of aliphatic hydroxyl groups excluding tert-OH is 1. The average Bonchev–Trinajstić information content (AvgIpc) is 2.66. The molecule has 0 aliphatic heterocycles. The number of aliphatic hydroxyl groups is 1. The Labute approximate surface area is 210 Å². The van der Waals surface area contributed by atoms with Crippen LogP contribution in [0, 0.1) is 0 Å². The zero-order chi connectivity index (χ0) is 21.8. The van der Waals surface area contributed by atoms with Gasteiger partial charge in [-0.25, -0.2) is 8.42 Å². The summed E-state index contributed by atoms with van der Waals surface area (Å²) in [5.41, 5.74) is 0. The van der Waals surface area contributed by atoms with Gasteiger partial charge in [-0.2, -0.15) is 0 Å². The van der Waals surface area contributed by atoms with E-state index in [1.807, 2.05) is 0 Å². The van der Waals surface area contributed by atoms with Crippen molar-refractivity contribution in [1.29, 1.82) is 0 Å². The van der Waals surface area contributed by atoms with Crippen molar-refractivity contribution in [2.45, 2.75) is 154 Å². The van der Waals surface area contributed by atoms with Crippen molar-refractivity contribution in [3.05, 3.63) is 0 Å². The van der Waals surface area contributed by atoms with E-state index < -0.39 is 15.4 Å². The first-order valence-corrected chi connectivity index (χ1v) is 14.0. The van der Waals surface area contributed by atoms with Gasteiger partial charge in [0.15, 0.2) is 0 Å². The molecule has 0 saturated heterocycles. The Morgan fingerprint density at radius 3 is 1.33 bits per heavy atom. The second-order valence-corrected chi connectivity index (χ2v) is 10.5. The van der Waals surface area contributed by atoms with Crippen molar-refractivity contribution in [3.8, 4) is 0 Å². The fourth-order valence-electron chi connectivity index (χ4n) is 4.05. The van der Waals surface area contributed by atoms with Crippen LogP contribution in [0.4, 0.5) is 0 Å². The minimum absolute atomic E-state index is 0. The first-order chi connectivity index (χ1) is 13.9. The van der Waals surface area contributed by atoms with E-state index in [-0.39, 0.29) is 35.7 Å². The zero-order valence-electron chi connectivity index (χ0n) is 20.4. The topological polar surface area (TPSA) is 77.4 Å². The molecule has 2 unspecified atom stereocenters. The smallest absolute Gasteiger partial charge is 0.748 e. The molecule has 4 nitrogen and oxygen atoms in total. The minimum Gasteiger partial charge on any atom is -0.748 e. The summed E-state index contributed by atoms with van der Waals surface area (Å²) in [5, 5.41) is 9.02. The Bertz CT molecular complexity index is 442. The number of unbranched alkanes of at least 4 members (excludes halogenated alkanes) is 13. The van der Waals surface area contributed by atoms with Gasteiger partial charge in [-0.3, -0.25) is 0 Å². The summed E-state index contributed by atoms with van der Waals surface area (Å²) >= 11 is 0. The fraction of sp³-hybridized carbons (Fsp3) is 1.00. The molecule has 0 fully saturated rings. The standard InChI is InChI=1S/C24H50O4S.Na/c1-3-5-6-7-8-11-14-17-21-24(29(26,27)28)22-18-15-12-9-10-13-16-20-23(25)19-4-2;/h23-25H,3-22H2,1-2H3,(H,26,27,28);/q;+1/p-1. The van der Waals surface area contributed by atoms with Crippen molar-refractivity contribution in [2.75, 3.05) is 0 Å². The SMILES string of the molecule is CCCCCCCCCCC(CCCCCCCCCC(O)CCC)S(=O)(=O)[O-].[Na+]. The first kappa shape index (κ1) is 33.0. The molecule has 0 aromatic heterocycles. The molecule has 176 valence electrons. The van der Waals surface area contributed by atoms with Crippen molar-refractivity contribution >= 4 is 10.1 Å². The molecular formula is C24H49NaO4S. The molecule has 0 aromatic rings. The Kier molecular flexibility index (Phi) is 25.4. The van der Waals surface area contributed by atoms with Crippen LogP contribution >= 0.6 is 0 Å². The molecule has 0 saturated carbocycles. The Morgan fingerprint density at radius 2 is 0.967 bits per heavy atom. The van der Waals surface area contributed by atoms with Gasteiger partial charge in [-0.05, 0) is 25.7 Å². The maximum absolute atomic E-state index is 11.5. The molecule has 0 radical (unpaired) electrons. The molecule has 0 spiro atoms. The Balaban J connectivity index is 0. The molecule has 0 aliphatic rings. The summed E-state index contributed by atoms with van der Waals surface area (Å²) in [7, 11) is -4.16. The van der Waals surface area contributed by atoms with Crippen LogP contribution in [-0.2, 0) is 10.1 Å². The monoisotopic (exact) mass is 456 g/mol. The summed E-state index contributed by atoms with van der Waals surface area (Å²) in [5.74, 6) is 0. The van der Waals surface area contributed by atoms with Crippen LogP contribution in [0.2, 0.25) is 0 Å². The van der Waals surface area contributed by atoms with E-state index in [0.717, 1.165) is 77.0 Å². The van der Waals surface area contributed by atoms with Crippen molar-refractivity contribution < 1.29 is 47.6 Å². The molecule has 0 heterocycles. The zero-order valence-corrected chi connectivity index (χ0v) is 23.2. The van der Waals surface area contributed by atoms with Crippen LogP contribution < -0.4 is 29.6 Å². The molecule has 0 rings (SSSR count). The first-order valence-electron chi connectivity index (χ1n) is 12.5. The molecule has 6 heteroatoms. The third kappa shape index (κ3) is 22.1. The summed E-state index contributed by atoms with van der Waals surface area (Å²) in [6.45, 7) is 4.31. The van der Waals surface area contributed by atoms with Gasteiger partial charge in [0.05, 0.1) is 16.2 Å². The molecule has 2 atom stereocenters. The van der Waals surface area contributed by atoms with Gasteiger partial charge in [0.1, 0.15) is 0 Å². The van der Waals surface area contributed by atoms with Crippen LogP contribution in [0.25, 0.3) is 0 Å². The molecule has 0 bridgehead atoms. The third-order valence-corrected chi connectivity index (χ3v) is 7.26. The van der Waals surface area contributed by atoms with E-state index in [1.165, 1.54) is 38.5 Å². The van der Waals surface area contributed by atoms with Gasteiger partial charge < -0.3 is 9.66 Å². The molecule has 1 N–H and O–H groups in total. The predicted molar refractivity (Wildman–Crippen MR) is 123 cm³/mol. The van der Waals surface area contributed by atoms with Gasteiger partial charge >= 0.3 is 29.6 Å². The largest absolute Gasteiger partial charge is 1.00 e. The number of rotatable bonds is 22. The normalized spacial score (nSPS) is 13.7. The number of hydrogen-bond acceptors (Lipinski definition) is 4. The molecule has 30 heavy (non-hydrogen) atoms. The van der Waals surface area contributed by atoms with E-state index in [2.05, 4.69) is 13.8 Å².